The standard InChI is InChI=1S/C10H9NOS2/c1-2-9(12)14-10-11-7-5-3-4-6-8(7)13-10/h3-6H,2H2,1H3. The van der Waals surface area contributed by atoms with Crippen molar-refractivity contribution in [3.8, 4) is 0 Å². The number of carbonyl (C=O) groups is 1. The molecule has 0 saturated carbocycles. The third-order valence-corrected chi connectivity index (χ3v) is 3.88. The Bertz CT molecular complexity index is 431. The molecule has 1 heterocycles. The SMILES string of the molecule is CCC(=O)Sc1nc2ccccc2s1. The average molecular weight is 223 g/mol. The second-order valence-corrected chi connectivity index (χ2v) is 5.11. The molecule has 0 unspecified atom stereocenters. The van der Waals surface area contributed by atoms with Crippen molar-refractivity contribution in [1.82, 2.24) is 4.98 Å². The number of rotatable bonds is 2. The van der Waals surface area contributed by atoms with Gasteiger partial charge in [-0.25, -0.2) is 4.98 Å². The molecule has 1 aromatic carbocycles. The molecule has 4 heteroatoms. The van der Waals surface area contributed by atoms with E-state index in [4.69, 9.17) is 0 Å². The number of hydrogen-bond donors (Lipinski definition) is 0. The Morgan fingerprint density at radius 3 is 3.00 bits per heavy atom. The average Bonchev–Trinajstić information content (AvgIpc) is 2.59. The zero-order chi connectivity index (χ0) is 9.97. The van der Waals surface area contributed by atoms with E-state index in [9.17, 15) is 4.79 Å². The number of thiazole rings is 1. The summed E-state index contributed by atoms with van der Waals surface area (Å²) < 4.78 is 1.98. The maximum Gasteiger partial charge on any atom is 0.195 e. The van der Waals surface area contributed by atoms with Gasteiger partial charge in [0.15, 0.2) is 9.45 Å². The van der Waals surface area contributed by atoms with Crippen molar-refractivity contribution in [1.29, 1.82) is 0 Å². The van der Waals surface area contributed by atoms with Crippen LogP contribution in [0.15, 0.2) is 28.6 Å². The van der Waals surface area contributed by atoms with E-state index in [2.05, 4.69) is 4.98 Å². The van der Waals surface area contributed by atoms with E-state index in [1.165, 1.54) is 11.8 Å². The molecule has 2 rings (SSSR count). The van der Waals surface area contributed by atoms with E-state index in [0.717, 1.165) is 14.6 Å². The highest BCUT2D eigenvalue weighted by Crippen LogP contribution is 2.29. The van der Waals surface area contributed by atoms with Gasteiger partial charge in [-0.15, -0.1) is 11.3 Å². The lowest BCUT2D eigenvalue weighted by Crippen LogP contribution is -1.85. The summed E-state index contributed by atoms with van der Waals surface area (Å²) in [6.45, 7) is 1.86. The predicted molar refractivity (Wildman–Crippen MR) is 60.8 cm³/mol. The van der Waals surface area contributed by atoms with Crippen molar-refractivity contribution in [2.75, 3.05) is 0 Å². The zero-order valence-electron chi connectivity index (χ0n) is 7.69. The van der Waals surface area contributed by atoms with Crippen LogP contribution in [0.1, 0.15) is 13.3 Å². The maximum absolute atomic E-state index is 11.2. The first kappa shape index (κ1) is 9.68. The second kappa shape index (κ2) is 4.11. The monoisotopic (exact) mass is 223 g/mol. The van der Waals surface area contributed by atoms with E-state index in [1.54, 1.807) is 11.3 Å². The van der Waals surface area contributed by atoms with Crippen molar-refractivity contribution in [2.45, 2.75) is 17.7 Å². The van der Waals surface area contributed by atoms with Gasteiger partial charge >= 0.3 is 0 Å². The summed E-state index contributed by atoms with van der Waals surface area (Å²) in [5.74, 6) is 0. The highest BCUT2D eigenvalue weighted by molar-refractivity contribution is 8.15. The molecule has 0 amide bonds. The molecular formula is C10H9NOS2. The predicted octanol–water partition coefficient (Wildman–Crippen LogP) is 3.33. The molecule has 72 valence electrons. The smallest absolute Gasteiger partial charge is 0.195 e. The lowest BCUT2D eigenvalue weighted by molar-refractivity contribution is -0.110. The van der Waals surface area contributed by atoms with E-state index in [1.807, 2.05) is 31.2 Å². The quantitative estimate of drug-likeness (QED) is 0.731. The van der Waals surface area contributed by atoms with Crippen LogP contribution >= 0.6 is 23.1 Å². The Hall–Kier alpha value is -0.870. The van der Waals surface area contributed by atoms with Crippen LogP contribution in [0.3, 0.4) is 0 Å². The zero-order valence-corrected chi connectivity index (χ0v) is 9.32. The first-order chi connectivity index (χ1) is 6.79. The molecule has 2 aromatic rings. The van der Waals surface area contributed by atoms with Gasteiger partial charge in [0.2, 0.25) is 0 Å². The number of nitrogens with zero attached hydrogens (tertiary/aromatic N) is 1. The maximum atomic E-state index is 11.2. The fourth-order valence-corrected chi connectivity index (χ4v) is 2.96. The summed E-state index contributed by atoms with van der Waals surface area (Å²) in [5, 5.41) is 0.170. The highest BCUT2D eigenvalue weighted by atomic mass is 32.2. The Labute approximate surface area is 90.4 Å². The van der Waals surface area contributed by atoms with Gasteiger partial charge in [-0.3, -0.25) is 4.79 Å². The van der Waals surface area contributed by atoms with Crippen molar-refractivity contribution in [3.05, 3.63) is 24.3 Å². The van der Waals surface area contributed by atoms with Crippen LogP contribution in [0.5, 0.6) is 0 Å². The summed E-state index contributed by atoms with van der Waals surface area (Å²) in [6.07, 6.45) is 0.556. The molecule has 0 aliphatic heterocycles. The number of thioether (sulfide) groups is 1. The number of aromatic nitrogens is 1. The topological polar surface area (TPSA) is 30.0 Å². The van der Waals surface area contributed by atoms with Crippen molar-refractivity contribution in [2.24, 2.45) is 0 Å². The van der Waals surface area contributed by atoms with Gasteiger partial charge in [-0.2, -0.15) is 0 Å². The van der Waals surface area contributed by atoms with Crippen LogP contribution < -0.4 is 0 Å². The molecule has 14 heavy (non-hydrogen) atoms. The molecule has 0 aliphatic carbocycles. The van der Waals surface area contributed by atoms with Gasteiger partial charge in [0, 0.05) is 6.42 Å². The summed E-state index contributed by atoms with van der Waals surface area (Å²) in [6, 6.07) is 7.93. The summed E-state index contributed by atoms with van der Waals surface area (Å²) in [4.78, 5) is 15.5. The molecular weight excluding hydrogens is 214 g/mol. The van der Waals surface area contributed by atoms with Gasteiger partial charge in [0.05, 0.1) is 10.2 Å². The molecule has 2 nitrogen and oxygen atoms in total. The molecule has 0 fully saturated rings. The van der Waals surface area contributed by atoms with Crippen LogP contribution in [0.2, 0.25) is 0 Å². The fourth-order valence-electron chi connectivity index (χ4n) is 1.06. The number of fused-ring (bicyclic) bond motifs is 1. The van der Waals surface area contributed by atoms with Crippen LogP contribution in [-0.4, -0.2) is 10.1 Å². The lowest BCUT2D eigenvalue weighted by atomic mass is 10.3. The third kappa shape index (κ3) is 1.96. The van der Waals surface area contributed by atoms with Crippen molar-refractivity contribution in [3.63, 3.8) is 0 Å². The number of carbonyl (C=O) groups excluding carboxylic acids is 1. The van der Waals surface area contributed by atoms with Gasteiger partial charge in [-0.1, -0.05) is 19.1 Å². The molecule has 0 atom stereocenters. The molecule has 0 aliphatic rings. The second-order valence-electron chi connectivity index (χ2n) is 2.78. The Morgan fingerprint density at radius 2 is 2.29 bits per heavy atom. The van der Waals surface area contributed by atoms with Gasteiger partial charge < -0.3 is 0 Å². The van der Waals surface area contributed by atoms with Crippen LogP contribution in [-0.2, 0) is 4.79 Å². The molecule has 0 radical (unpaired) electrons. The third-order valence-electron chi connectivity index (χ3n) is 1.76. The minimum absolute atomic E-state index is 0.170. The Kier molecular flexibility index (Phi) is 2.84. The van der Waals surface area contributed by atoms with E-state index in [-0.39, 0.29) is 5.12 Å². The minimum Gasteiger partial charge on any atom is -0.287 e. The summed E-state index contributed by atoms with van der Waals surface area (Å²) >= 11 is 2.81. The largest absolute Gasteiger partial charge is 0.287 e. The minimum atomic E-state index is 0.170. The lowest BCUT2D eigenvalue weighted by Gasteiger charge is -1.89. The number of benzene rings is 1. The molecule has 0 bridgehead atoms. The first-order valence-corrected chi connectivity index (χ1v) is 5.99. The van der Waals surface area contributed by atoms with Crippen LogP contribution in [0.4, 0.5) is 0 Å². The fraction of sp³-hybridized carbons (Fsp3) is 0.200. The van der Waals surface area contributed by atoms with Gasteiger partial charge in [0.1, 0.15) is 0 Å². The normalized spacial score (nSPS) is 10.6. The van der Waals surface area contributed by atoms with Crippen LogP contribution in [0.25, 0.3) is 10.2 Å². The molecule has 1 aromatic heterocycles. The summed E-state index contributed by atoms with van der Waals surface area (Å²) in [5.41, 5.74) is 0.976. The van der Waals surface area contributed by atoms with E-state index < -0.39 is 0 Å². The Balaban J connectivity index is 2.31. The highest BCUT2D eigenvalue weighted by Gasteiger charge is 2.07. The Morgan fingerprint density at radius 1 is 1.50 bits per heavy atom. The van der Waals surface area contributed by atoms with Gasteiger partial charge in [-0.05, 0) is 23.9 Å². The van der Waals surface area contributed by atoms with Gasteiger partial charge in [0.25, 0.3) is 0 Å². The number of para-hydroxylation sites is 1. The molecule has 0 saturated heterocycles. The molecule has 0 spiro atoms. The van der Waals surface area contributed by atoms with E-state index >= 15 is 0 Å². The van der Waals surface area contributed by atoms with Crippen molar-refractivity contribution >= 4 is 38.4 Å². The first-order valence-electron chi connectivity index (χ1n) is 4.36. The molecule has 0 N–H and O–H groups in total. The number of hydrogen-bond acceptors (Lipinski definition) is 4. The van der Waals surface area contributed by atoms with Crippen molar-refractivity contribution < 1.29 is 4.79 Å². The van der Waals surface area contributed by atoms with Crippen LogP contribution in [0, 0.1) is 0 Å². The summed E-state index contributed by atoms with van der Waals surface area (Å²) in [7, 11) is 0. The van der Waals surface area contributed by atoms with E-state index in [0.29, 0.717) is 6.42 Å².